The molecule has 0 aromatic heterocycles. The van der Waals surface area contributed by atoms with Gasteiger partial charge in [0.15, 0.2) is 16.6 Å². The van der Waals surface area contributed by atoms with Crippen LogP contribution < -0.4 is 14.8 Å². The molecule has 2 atom stereocenters. The van der Waals surface area contributed by atoms with Crippen molar-refractivity contribution in [3.05, 3.63) is 23.8 Å². The molecule has 1 aliphatic heterocycles. The van der Waals surface area contributed by atoms with Crippen molar-refractivity contribution in [2.24, 2.45) is 0 Å². The molecule has 0 saturated carbocycles. The monoisotopic (exact) mass is 338 g/mol. The van der Waals surface area contributed by atoms with Crippen LogP contribution in [0.4, 0.5) is 0 Å². The maximum absolute atomic E-state index is 12.2. The van der Waals surface area contributed by atoms with E-state index in [1.165, 1.54) is 0 Å². The molecule has 0 bridgehead atoms. The highest BCUT2D eigenvalue weighted by atomic mass is 32.1. The predicted octanol–water partition coefficient (Wildman–Crippen LogP) is 1.89. The van der Waals surface area contributed by atoms with Gasteiger partial charge in [0, 0.05) is 7.11 Å². The van der Waals surface area contributed by atoms with Crippen LogP contribution in [-0.2, 0) is 9.53 Å². The zero-order valence-corrected chi connectivity index (χ0v) is 14.6. The number of nitrogens with one attached hydrogen (secondary N) is 1. The fourth-order valence-electron chi connectivity index (χ4n) is 2.44. The molecule has 1 fully saturated rings. The number of nitrogens with zero attached hydrogens (tertiary/aromatic N) is 1. The zero-order valence-electron chi connectivity index (χ0n) is 13.8. The van der Waals surface area contributed by atoms with E-state index in [-0.39, 0.29) is 18.0 Å². The van der Waals surface area contributed by atoms with Crippen LogP contribution >= 0.6 is 12.2 Å². The van der Waals surface area contributed by atoms with Gasteiger partial charge in [-0.05, 0) is 43.8 Å². The van der Waals surface area contributed by atoms with E-state index in [2.05, 4.69) is 5.32 Å². The lowest BCUT2D eigenvalue weighted by atomic mass is 10.1. The third-order valence-corrected chi connectivity index (χ3v) is 4.08. The SMILES string of the molecule is COCCOc1ccc([C@H](C)N2C(=O)[C@H](C)NC2=S)cc1OC. The summed E-state index contributed by atoms with van der Waals surface area (Å²) in [6.45, 7) is 4.68. The Balaban J connectivity index is 2.19. The maximum atomic E-state index is 12.2. The third kappa shape index (κ3) is 3.73. The number of hydrogen-bond donors (Lipinski definition) is 1. The topological polar surface area (TPSA) is 60.0 Å². The maximum Gasteiger partial charge on any atom is 0.251 e. The second kappa shape index (κ2) is 7.61. The Morgan fingerprint density at radius 2 is 2.04 bits per heavy atom. The van der Waals surface area contributed by atoms with Crippen LogP contribution in [0.2, 0.25) is 0 Å². The van der Waals surface area contributed by atoms with Crippen molar-refractivity contribution in [2.45, 2.75) is 25.9 Å². The van der Waals surface area contributed by atoms with Gasteiger partial charge in [-0.15, -0.1) is 0 Å². The lowest BCUT2D eigenvalue weighted by molar-refractivity contribution is -0.128. The van der Waals surface area contributed by atoms with Gasteiger partial charge in [0.05, 0.1) is 19.8 Å². The number of thiocarbonyl (C=S) groups is 1. The number of carbonyl (C=O) groups excluding carboxylic acids is 1. The zero-order chi connectivity index (χ0) is 17.0. The Morgan fingerprint density at radius 3 is 2.61 bits per heavy atom. The number of amides is 1. The van der Waals surface area contributed by atoms with E-state index in [4.69, 9.17) is 26.4 Å². The second-order valence-corrected chi connectivity index (χ2v) is 5.69. The van der Waals surface area contributed by atoms with Crippen LogP contribution in [-0.4, -0.2) is 49.4 Å². The van der Waals surface area contributed by atoms with Crippen molar-refractivity contribution in [3.63, 3.8) is 0 Å². The van der Waals surface area contributed by atoms with E-state index in [1.807, 2.05) is 25.1 Å². The molecule has 0 unspecified atom stereocenters. The molecule has 7 heteroatoms. The van der Waals surface area contributed by atoms with Gasteiger partial charge in [-0.25, -0.2) is 0 Å². The molecule has 2 rings (SSSR count). The average molecular weight is 338 g/mol. The Morgan fingerprint density at radius 1 is 1.30 bits per heavy atom. The van der Waals surface area contributed by atoms with Crippen LogP contribution in [0, 0.1) is 0 Å². The normalized spacial score (nSPS) is 18.8. The van der Waals surface area contributed by atoms with Gasteiger partial charge in [0.2, 0.25) is 0 Å². The quantitative estimate of drug-likeness (QED) is 0.605. The summed E-state index contributed by atoms with van der Waals surface area (Å²) in [6, 6.07) is 5.14. The fraction of sp³-hybridized carbons (Fsp3) is 0.500. The molecule has 0 aliphatic carbocycles. The van der Waals surface area contributed by atoms with Gasteiger partial charge in [-0.2, -0.15) is 0 Å². The van der Waals surface area contributed by atoms with Gasteiger partial charge in [0.25, 0.3) is 5.91 Å². The molecule has 23 heavy (non-hydrogen) atoms. The van der Waals surface area contributed by atoms with Crippen LogP contribution in [0.5, 0.6) is 11.5 Å². The number of hydrogen-bond acceptors (Lipinski definition) is 5. The van der Waals surface area contributed by atoms with Crippen molar-refractivity contribution in [1.29, 1.82) is 0 Å². The van der Waals surface area contributed by atoms with Crippen molar-refractivity contribution in [1.82, 2.24) is 10.2 Å². The smallest absolute Gasteiger partial charge is 0.251 e. The molecule has 126 valence electrons. The van der Waals surface area contributed by atoms with E-state index >= 15 is 0 Å². The standard InChI is InChI=1S/C16H22N2O4S/c1-10-15(19)18(16(23)17-10)11(2)12-5-6-13(14(9-12)21-4)22-8-7-20-3/h5-6,9-11H,7-8H2,1-4H3,(H,17,23)/t10-,11-/m0/s1. The summed E-state index contributed by atoms with van der Waals surface area (Å²) in [6.07, 6.45) is 0. The van der Waals surface area contributed by atoms with Crippen molar-refractivity contribution < 1.29 is 19.0 Å². The summed E-state index contributed by atoms with van der Waals surface area (Å²) in [5.41, 5.74) is 0.924. The summed E-state index contributed by atoms with van der Waals surface area (Å²) in [4.78, 5) is 13.8. The molecular weight excluding hydrogens is 316 g/mol. The minimum Gasteiger partial charge on any atom is -0.493 e. The van der Waals surface area contributed by atoms with Gasteiger partial charge in [-0.3, -0.25) is 9.69 Å². The average Bonchev–Trinajstić information content (AvgIpc) is 2.79. The first-order valence-corrected chi connectivity index (χ1v) is 7.83. The largest absolute Gasteiger partial charge is 0.493 e. The molecule has 0 spiro atoms. The number of carbonyl (C=O) groups is 1. The molecule has 1 amide bonds. The molecule has 1 saturated heterocycles. The van der Waals surface area contributed by atoms with Gasteiger partial charge >= 0.3 is 0 Å². The van der Waals surface area contributed by atoms with Crippen molar-refractivity contribution in [2.75, 3.05) is 27.4 Å². The number of benzene rings is 1. The summed E-state index contributed by atoms with van der Waals surface area (Å²) < 4.78 is 16.0. The highest BCUT2D eigenvalue weighted by Crippen LogP contribution is 2.33. The van der Waals surface area contributed by atoms with Gasteiger partial charge < -0.3 is 19.5 Å². The first kappa shape index (κ1) is 17.5. The number of methoxy groups -OCH3 is 2. The molecule has 1 aliphatic rings. The van der Waals surface area contributed by atoms with E-state index in [0.29, 0.717) is 29.8 Å². The molecule has 1 aromatic carbocycles. The third-order valence-electron chi connectivity index (χ3n) is 3.77. The first-order chi connectivity index (χ1) is 11.0. The summed E-state index contributed by atoms with van der Waals surface area (Å²) in [5, 5.41) is 3.43. The molecule has 0 radical (unpaired) electrons. The van der Waals surface area contributed by atoms with Crippen LogP contribution in [0.1, 0.15) is 25.5 Å². The Hall–Kier alpha value is -1.86. The molecular formula is C16H22N2O4S. The van der Waals surface area contributed by atoms with Crippen LogP contribution in [0.3, 0.4) is 0 Å². The summed E-state index contributed by atoms with van der Waals surface area (Å²) in [7, 11) is 3.21. The van der Waals surface area contributed by atoms with Gasteiger partial charge in [0.1, 0.15) is 12.6 Å². The molecule has 1 N–H and O–H groups in total. The second-order valence-electron chi connectivity index (χ2n) is 5.31. The molecule has 1 heterocycles. The summed E-state index contributed by atoms with van der Waals surface area (Å²) in [5.74, 6) is 1.23. The van der Waals surface area contributed by atoms with Gasteiger partial charge in [-0.1, -0.05) is 6.07 Å². The Bertz CT molecular complexity index is 593. The van der Waals surface area contributed by atoms with E-state index in [9.17, 15) is 4.79 Å². The Labute approximate surface area is 141 Å². The summed E-state index contributed by atoms with van der Waals surface area (Å²) >= 11 is 5.25. The number of ether oxygens (including phenoxy) is 3. The molecule has 6 nitrogen and oxygen atoms in total. The minimum absolute atomic E-state index is 0.0260. The van der Waals surface area contributed by atoms with E-state index < -0.39 is 0 Å². The van der Waals surface area contributed by atoms with E-state index in [1.54, 1.807) is 26.0 Å². The highest BCUT2D eigenvalue weighted by molar-refractivity contribution is 7.80. The first-order valence-electron chi connectivity index (χ1n) is 7.42. The number of rotatable bonds is 7. The van der Waals surface area contributed by atoms with Crippen LogP contribution in [0.25, 0.3) is 0 Å². The lowest BCUT2D eigenvalue weighted by Gasteiger charge is -2.24. The van der Waals surface area contributed by atoms with Crippen molar-refractivity contribution in [3.8, 4) is 11.5 Å². The van der Waals surface area contributed by atoms with Crippen LogP contribution in [0.15, 0.2) is 18.2 Å². The lowest BCUT2D eigenvalue weighted by Crippen LogP contribution is -2.33. The minimum atomic E-state index is -0.288. The van der Waals surface area contributed by atoms with E-state index in [0.717, 1.165) is 5.56 Å². The fourth-order valence-corrected chi connectivity index (χ4v) is 2.86. The highest BCUT2D eigenvalue weighted by Gasteiger charge is 2.36. The predicted molar refractivity (Wildman–Crippen MR) is 90.8 cm³/mol. The molecule has 1 aromatic rings. The Kier molecular flexibility index (Phi) is 5.79. The van der Waals surface area contributed by atoms with Crippen molar-refractivity contribution >= 4 is 23.2 Å².